The van der Waals surface area contributed by atoms with Gasteiger partial charge < -0.3 is 15.4 Å². The third-order valence-electron chi connectivity index (χ3n) is 2.28. The number of rotatable bonds is 4. The van der Waals surface area contributed by atoms with Crippen molar-refractivity contribution < 1.29 is 9.63 Å². The van der Waals surface area contributed by atoms with E-state index in [0.717, 1.165) is 10.0 Å². The number of aliphatic hydroxyl groups excluding tert-OH is 1. The number of nitrogens with zero attached hydrogens (tertiary/aromatic N) is 2. The second-order valence-electron chi connectivity index (χ2n) is 3.59. The predicted molar refractivity (Wildman–Crippen MR) is 66.1 cm³/mol. The summed E-state index contributed by atoms with van der Waals surface area (Å²) in [7, 11) is 0. The number of hydrogen-bond donors (Lipinski definition) is 2. The van der Waals surface area contributed by atoms with Gasteiger partial charge in [-0.1, -0.05) is 33.2 Å². The molecule has 1 unspecified atom stereocenters. The predicted octanol–water partition coefficient (Wildman–Crippen LogP) is 1.88. The molecule has 2 aromatic rings. The van der Waals surface area contributed by atoms with Crippen LogP contribution in [0, 0.1) is 0 Å². The molecule has 0 aliphatic heterocycles. The van der Waals surface area contributed by atoms with E-state index >= 15 is 0 Å². The largest absolute Gasteiger partial charge is 0.396 e. The van der Waals surface area contributed by atoms with Crippen molar-refractivity contribution in [2.45, 2.75) is 12.5 Å². The van der Waals surface area contributed by atoms with Crippen molar-refractivity contribution in [2.24, 2.45) is 5.73 Å². The van der Waals surface area contributed by atoms with Gasteiger partial charge in [-0.2, -0.15) is 4.98 Å². The molecule has 90 valence electrons. The monoisotopic (exact) mass is 297 g/mol. The third-order valence-corrected chi connectivity index (χ3v) is 2.78. The standard InChI is InChI=1S/C11H12BrN3O2/c12-8-3-1-2-7(6-8)10-14-11(17-15-10)9(13)4-5-16/h1-3,6,9,16H,4-5,13H2. The minimum absolute atomic E-state index is 0.00420. The first-order valence-corrected chi connectivity index (χ1v) is 5.96. The summed E-state index contributed by atoms with van der Waals surface area (Å²) in [5, 5.41) is 12.6. The second-order valence-corrected chi connectivity index (χ2v) is 4.50. The lowest BCUT2D eigenvalue weighted by Crippen LogP contribution is -2.12. The molecule has 1 heterocycles. The highest BCUT2D eigenvalue weighted by atomic mass is 79.9. The summed E-state index contributed by atoms with van der Waals surface area (Å²) in [6, 6.07) is 7.17. The molecule has 1 atom stereocenters. The van der Waals surface area contributed by atoms with E-state index in [9.17, 15) is 0 Å². The van der Waals surface area contributed by atoms with Crippen molar-refractivity contribution in [3.8, 4) is 11.4 Å². The van der Waals surface area contributed by atoms with Crippen LogP contribution in [0.3, 0.4) is 0 Å². The van der Waals surface area contributed by atoms with E-state index in [1.165, 1.54) is 0 Å². The van der Waals surface area contributed by atoms with E-state index in [0.29, 0.717) is 18.1 Å². The van der Waals surface area contributed by atoms with Gasteiger partial charge in [0, 0.05) is 16.6 Å². The Kier molecular flexibility index (Phi) is 3.88. The first-order chi connectivity index (χ1) is 8.20. The zero-order valence-corrected chi connectivity index (χ0v) is 10.6. The van der Waals surface area contributed by atoms with Gasteiger partial charge in [0.25, 0.3) is 0 Å². The Hall–Kier alpha value is -1.24. The molecule has 17 heavy (non-hydrogen) atoms. The van der Waals surface area contributed by atoms with Crippen LogP contribution in [0.5, 0.6) is 0 Å². The van der Waals surface area contributed by atoms with Crippen molar-refractivity contribution in [1.29, 1.82) is 0 Å². The average Bonchev–Trinajstić information content (AvgIpc) is 2.78. The maximum absolute atomic E-state index is 8.78. The molecule has 0 saturated carbocycles. The van der Waals surface area contributed by atoms with E-state index in [1.54, 1.807) is 0 Å². The van der Waals surface area contributed by atoms with Gasteiger partial charge in [0.2, 0.25) is 11.7 Å². The molecular formula is C11H12BrN3O2. The van der Waals surface area contributed by atoms with Crippen LogP contribution in [0.1, 0.15) is 18.4 Å². The van der Waals surface area contributed by atoms with E-state index < -0.39 is 6.04 Å². The zero-order valence-electron chi connectivity index (χ0n) is 9.01. The molecule has 2 rings (SSSR count). The number of aliphatic hydroxyl groups is 1. The SMILES string of the molecule is NC(CCO)c1nc(-c2cccc(Br)c2)no1. The highest BCUT2D eigenvalue weighted by molar-refractivity contribution is 9.10. The van der Waals surface area contributed by atoms with Gasteiger partial charge in [-0.3, -0.25) is 0 Å². The molecule has 0 saturated heterocycles. The smallest absolute Gasteiger partial charge is 0.243 e. The molecule has 0 spiro atoms. The normalized spacial score (nSPS) is 12.6. The Morgan fingerprint density at radius 3 is 3.00 bits per heavy atom. The fourth-order valence-electron chi connectivity index (χ4n) is 1.39. The summed E-state index contributed by atoms with van der Waals surface area (Å²) in [5.74, 6) is 0.837. The van der Waals surface area contributed by atoms with E-state index in [4.69, 9.17) is 15.4 Å². The number of hydrogen-bond acceptors (Lipinski definition) is 5. The zero-order chi connectivity index (χ0) is 12.3. The molecular weight excluding hydrogens is 286 g/mol. The summed E-state index contributed by atoms with van der Waals surface area (Å²) in [6.45, 7) is -0.00420. The lowest BCUT2D eigenvalue weighted by atomic mass is 10.2. The van der Waals surface area contributed by atoms with Gasteiger partial charge in [-0.15, -0.1) is 0 Å². The topological polar surface area (TPSA) is 85.2 Å². The quantitative estimate of drug-likeness (QED) is 0.900. The Bertz CT molecular complexity index is 501. The van der Waals surface area contributed by atoms with Crippen molar-refractivity contribution in [1.82, 2.24) is 10.1 Å². The summed E-state index contributed by atoms with van der Waals surface area (Å²) in [4.78, 5) is 4.21. The fourth-order valence-corrected chi connectivity index (χ4v) is 1.79. The Balaban J connectivity index is 2.23. The van der Waals surface area contributed by atoms with Gasteiger partial charge >= 0.3 is 0 Å². The number of halogens is 1. The lowest BCUT2D eigenvalue weighted by molar-refractivity contribution is 0.259. The molecule has 1 aromatic carbocycles. The van der Waals surface area contributed by atoms with Gasteiger partial charge in [-0.25, -0.2) is 0 Å². The van der Waals surface area contributed by atoms with E-state index in [1.807, 2.05) is 24.3 Å². The molecule has 0 aliphatic carbocycles. The van der Waals surface area contributed by atoms with Crippen LogP contribution in [0.4, 0.5) is 0 Å². The molecule has 0 fully saturated rings. The van der Waals surface area contributed by atoms with Gasteiger partial charge in [0.15, 0.2) is 0 Å². The Morgan fingerprint density at radius 2 is 2.29 bits per heavy atom. The van der Waals surface area contributed by atoms with Crippen LogP contribution < -0.4 is 5.73 Å². The lowest BCUT2D eigenvalue weighted by Gasteiger charge is -2.01. The van der Waals surface area contributed by atoms with Gasteiger partial charge in [0.1, 0.15) is 0 Å². The first-order valence-electron chi connectivity index (χ1n) is 5.16. The van der Waals surface area contributed by atoms with Crippen molar-refractivity contribution in [3.63, 3.8) is 0 Å². The molecule has 0 aliphatic rings. The highest BCUT2D eigenvalue weighted by Crippen LogP contribution is 2.22. The van der Waals surface area contributed by atoms with E-state index in [-0.39, 0.29) is 6.61 Å². The molecule has 6 heteroatoms. The molecule has 3 N–H and O–H groups in total. The third kappa shape index (κ3) is 2.91. The summed E-state index contributed by atoms with van der Waals surface area (Å²) >= 11 is 3.38. The van der Waals surface area contributed by atoms with Crippen LogP contribution in [-0.2, 0) is 0 Å². The van der Waals surface area contributed by atoms with Gasteiger partial charge in [0.05, 0.1) is 6.04 Å². The summed E-state index contributed by atoms with van der Waals surface area (Å²) in [6.07, 6.45) is 0.403. The Morgan fingerprint density at radius 1 is 1.47 bits per heavy atom. The van der Waals surface area contributed by atoms with Crippen molar-refractivity contribution in [3.05, 3.63) is 34.6 Å². The van der Waals surface area contributed by atoms with Crippen LogP contribution >= 0.6 is 15.9 Å². The number of benzene rings is 1. The summed E-state index contributed by atoms with van der Waals surface area (Å²) < 4.78 is 6.01. The van der Waals surface area contributed by atoms with E-state index in [2.05, 4.69) is 26.1 Å². The van der Waals surface area contributed by atoms with Crippen LogP contribution in [-0.4, -0.2) is 21.9 Å². The number of nitrogens with two attached hydrogens (primary N) is 1. The maximum Gasteiger partial charge on any atom is 0.243 e. The first kappa shape index (κ1) is 12.2. The molecule has 0 amide bonds. The Labute approximate surface area is 107 Å². The molecule has 0 bridgehead atoms. The minimum atomic E-state index is -0.423. The fraction of sp³-hybridized carbons (Fsp3) is 0.273. The second kappa shape index (κ2) is 5.39. The minimum Gasteiger partial charge on any atom is -0.396 e. The van der Waals surface area contributed by atoms with Gasteiger partial charge in [-0.05, 0) is 18.6 Å². The van der Waals surface area contributed by atoms with Crippen LogP contribution in [0.2, 0.25) is 0 Å². The van der Waals surface area contributed by atoms with Crippen LogP contribution in [0.15, 0.2) is 33.3 Å². The molecule has 1 aromatic heterocycles. The maximum atomic E-state index is 8.78. The summed E-state index contributed by atoms with van der Waals surface area (Å²) in [5.41, 5.74) is 6.61. The highest BCUT2D eigenvalue weighted by Gasteiger charge is 2.15. The van der Waals surface area contributed by atoms with Crippen molar-refractivity contribution in [2.75, 3.05) is 6.61 Å². The van der Waals surface area contributed by atoms with Crippen molar-refractivity contribution >= 4 is 15.9 Å². The molecule has 0 radical (unpaired) electrons. The average molecular weight is 298 g/mol. The molecule has 5 nitrogen and oxygen atoms in total. The number of aromatic nitrogens is 2. The van der Waals surface area contributed by atoms with Crippen LogP contribution in [0.25, 0.3) is 11.4 Å².